The second-order valence-corrected chi connectivity index (χ2v) is 3.10. The van der Waals surface area contributed by atoms with E-state index in [0.29, 0.717) is 6.04 Å². The van der Waals surface area contributed by atoms with Crippen molar-refractivity contribution in [3.63, 3.8) is 0 Å². The van der Waals surface area contributed by atoms with Crippen molar-refractivity contribution in [1.82, 2.24) is 10.3 Å². The highest BCUT2D eigenvalue weighted by molar-refractivity contribution is 5.86. The van der Waals surface area contributed by atoms with Crippen molar-refractivity contribution in [2.75, 3.05) is 20.1 Å². The molecule has 0 aromatic rings. The second-order valence-electron chi connectivity index (χ2n) is 3.10. The number of halogens is 3. The zero-order valence-electron chi connectivity index (χ0n) is 7.86. The Labute approximate surface area is 99.0 Å². The fourth-order valence-electron chi connectivity index (χ4n) is 1.41. The summed E-state index contributed by atoms with van der Waals surface area (Å²) in [5.41, 5.74) is 2.84. The van der Waals surface area contributed by atoms with Crippen LogP contribution in [0.15, 0.2) is 0 Å². The van der Waals surface area contributed by atoms with Crippen LogP contribution in [-0.2, 0) is 0 Å². The number of likely N-dealkylation sites (tertiary alicyclic amines) is 1. The Morgan fingerprint density at radius 1 is 1.15 bits per heavy atom. The van der Waals surface area contributed by atoms with Gasteiger partial charge >= 0.3 is 0 Å². The zero-order valence-corrected chi connectivity index (χ0v) is 10.3. The summed E-state index contributed by atoms with van der Waals surface area (Å²) in [5, 5.41) is 0. The SMILES string of the molecule is CN1CCCC(NN)CC1.Cl.Cl.Cl. The van der Waals surface area contributed by atoms with Crippen molar-refractivity contribution >= 4 is 37.2 Å². The summed E-state index contributed by atoms with van der Waals surface area (Å²) in [6.45, 7) is 2.40. The monoisotopic (exact) mass is 251 g/mol. The van der Waals surface area contributed by atoms with Crippen LogP contribution in [0, 0.1) is 0 Å². The smallest absolute Gasteiger partial charge is 0.0223 e. The third-order valence-electron chi connectivity index (χ3n) is 2.19. The van der Waals surface area contributed by atoms with Crippen LogP contribution in [0.3, 0.4) is 0 Å². The van der Waals surface area contributed by atoms with Gasteiger partial charge in [0.25, 0.3) is 0 Å². The first-order chi connectivity index (χ1) is 4.83. The lowest BCUT2D eigenvalue weighted by Gasteiger charge is -2.13. The summed E-state index contributed by atoms with van der Waals surface area (Å²) in [4.78, 5) is 2.36. The Bertz CT molecular complexity index is 105. The predicted molar refractivity (Wildman–Crippen MR) is 64.2 cm³/mol. The van der Waals surface area contributed by atoms with Gasteiger partial charge < -0.3 is 4.90 Å². The van der Waals surface area contributed by atoms with Gasteiger partial charge in [-0.3, -0.25) is 11.3 Å². The summed E-state index contributed by atoms with van der Waals surface area (Å²) in [7, 11) is 2.17. The number of hydrogen-bond donors (Lipinski definition) is 2. The van der Waals surface area contributed by atoms with Crippen molar-refractivity contribution in [2.45, 2.75) is 25.3 Å². The Kier molecular flexibility index (Phi) is 16.1. The van der Waals surface area contributed by atoms with Crippen molar-refractivity contribution in [1.29, 1.82) is 0 Å². The minimum absolute atomic E-state index is 0. The van der Waals surface area contributed by atoms with Crippen LogP contribution in [0.5, 0.6) is 0 Å². The first-order valence-corrected chi connectivity index (χ1v) is 3.97. The van der Waals surface area contributed by atoms with E-state index in [1.165, 1.54) is 32.4 Å². The highest BCUT2D eigenvalue weighted by Gasteiger charge is 2.12. The number of nitrogens with one attached hydrogen (secondary N) is 1. The van der Waals surface area contributed by atoms with Gasteiger partial charge in [-0.1, -0.05) is 0 Å². The van der Waals surface area contributed by atoms with Gasteiger partial charge in [0.1, 0.15) is 0 Å². The molecule has 84 valence electrons. The molecule has 1 rings (SSSR count). The van der Waals surface area contributed by atoms with E-state index in [-0.39, 0.29) is 37.2 Å². The first-order valence-electron chi connectivity index (χ1n) is 3.97. The molecule has 1 atom stereocenters. The lowest BCUT2D eigenvalue weighted by molar-refractivity contribution is 0.344. The average molecular weight is 253 g/mol. The molecule has 1 heterocycles. The van der Waals surface area contributed by atoms with E-state index in [9.17, 15) is 0 Å². The standard InChI is InChI=1S/C7H17N3.3ClH/c1-10-5-2-3-7(9-8)4-6-10;;;/h7,9H,2-6,8H2,1H3;3*1H. The third-order valence-corrected chi connectivity index (χ3v) is 2.19. The van der Waals surface area contributed by atoms with Crippen LogP contribution in [0.1, 0.15) is 19.3 Å². The molecule has 0 amide bonds. The Hall–Kier alpha value is 0.750. The van der Waals surface area contributed by atoms with Crippen LogP contribution in [0.25, 0.3) is 0 Å². The van der Waals surface area contributed by atoms with Crippen molar-refractivity contribution in [3.05, 3.63) is 0 Å². The molecule has 0 aliphatic carbocycles. The van der Waals surface area contributed by atoms with Gasteiger partial charge in [0.2, 0.25) is 0 Å². The molecular formula is C7H20Cl3N3. The maximum absolute atomic E-state index is 5.35. The summed E-state index contributed by atoms with van der Waals surface area (Å²) >= 11 is 0. The zero-order chi connectivity index (χ0) is 7.40. The molecule has 0 aromatic heterocycles. The molecule has 1 fully saturated rings. The Morgan fingerprint density at radius 2 is 1.77 bits per heavy atom. The van der Waals surface area contributed by atoms with E-state index >= 15 is 0 Å². The van der Waals surface area contributed by atoms with E-state index in [0.717, 1.165) is 0 Å². The van der Waals surface area contributed by atoms with Crippen LogP contribution >= 0.6 is 37.2 Å². The second kappa shape index (κ2) is 10.8. The molecule has 13 heavy (non-hydrogen) atoms. The van der Waals surface area contributed by atoms with E-state index in [1.807, 2.05) is 0 Å². The Morgan fingerprint density at radius 3 is 2.31 bits per heavy atom. The van der Waals surface area contributed by atoms with E-state index < -0.39 is 0 Å². The molecule has 1 aliphatic rings. The van der Waals surface area contributed by atoms with Crippen LogP contribution < -0.4 is 11.3 Å². The maximum Gasteiger partial charge on any atom is 0.0223 e. The lowest BCUT2D eigenvalue weighted by atomic mass is 10.1. The summed E-state index contributed by atoms with van der Waals surface area (Å²) in [6.07, 6.45) is 3.68. The molecule has 3 nitrogen and oxygen atoms in total. The van der Waals surface area contributed by atoms with Crippen LogP contribution in [0.4, 0.5) is 0 Å². The van der Waals surface area contributed by atoms with Gasteiger partial charge in [-0.15, -0.1) is 37.2 Å². The van der Waals surface area contributed by atoms with Gasteiger partial charge in [-0.25, -0.2) is 0 Å². The van der Waals surface area contributed by atoms with E-state index in [4.69, 9.17) is 5.84 Å². The predicted octanol–water partition coefficient (Wildman–Crippen LogP) is 1.20. The first kappa shape index (κ1) is 19.3. The molecule has 0 bridgehead atoms. The largest absolute Gasteiger partial charge is 0.306 e. The van der Waals surface area contributed by atoms with E-state index in [1.54, 1.807) is 0 Å². The third kappa shape index (κ3) is 7.79. The number of hydrogen-bond acceptors (Lipinski definition) is 3. The van der Waals surface area contributed by atoms with Gasteiger partial charge in [0.15, 0.2) is 0 Å². The lowest BCUT2D eigenvalue weighted by Crippen LogP contribution is -2.35. The summed E-state index contributed by atoms with van der Waals surface area (Å²) in [6, 6.07) is 0.546. The fraction of sp³-hybridized carbons (Fsp3) is 1.00. The summed E-state index contributed by atoms with van der Waals surface area (Å²) in [5.74, 6) is 5.35. The number of hydrazine groups is 1. The summed E-state index contributed by atoms with van der Waals surface area (Å²) < 4.78 is 0. The molecule has 1 saturated heterocycles. The molecular weight excluding hydrogens is 232 g/mol. The highest BCUT2D eigenvalue weighted by Crippen LogP contribution is 2.07. The molecule has 1 unspecified atom stereocenters. The van der Waals surface area contributed by atoms with Gasteiger partial charge in [0, 0.05) is 6.04 Å². The van der Waals surface area contributed by atoms with Gasteiger partial charge in [-0.05, 0) is 39.4 Å². The minimum atomic E-state index is 0. The fourth-order valence-corrected chi connectivity index (χ4v) is 1.41. The number of rotatable bonds is 1. The van der Waals surface area contributed by atoms with E-state index in [2.05, 4.69) is 17.4 Å². The normalized spacial score (nSPS) is 23.1. The highest BCUT2D eigenvalue weighted by atomic mass is 35.5. The van der Waals surface area contributed by atoms with Gasteiger partial charge in [-0.2, -0.15) is 0 Å². The van der Waals surface area contributed by atoms with Crippen molar-refractivity contribution in [2.24, 2.45) is 5.84 Å². The molecule has 0 saturated carbocycles. The molecule has 0 radical (unpaired) electrons. The minimum Gasteiger partial charge on any atom is -0.306 e. The average Bonchev–Trinajstić information content (AvgIpc) is 2.14. The Balaban J connectivity index is -0.000000333. The van der Waals surface area contributed by atoms with Crippen molar-refractivity contribution < 1.29 is 0 Å². The van der Waals surface area contributed by atoms with Crippen molar-refractivity contribution in [3.8, 4) is 0 Å². The number of nitrogens with zero attached hydrogens (tertiary/aromatic N) is 1. The van der Waals surface area contributed by atoms with Gasteiger partial charge in [0.05, 0.1) is 0 Å². The molecule has 3 N–H and O–H groups in total. The molecule has 0 spiro atoms. The number of nitrogens with two attached hydrogens (primary N) is 1. The van der Waals surface area contributed by atoms with Crippen LogP contribution in [0.2, 0.25) is 0 Å². The molecule has 0 aromatic carbocycles. The molecule has 1 aliphatic heterocycles. The topological polar surface area (TPSA) is 41.3 Å². The quantitative estimate of drug-likeness (QED) is 0.544. The maximum atomic E-state index is 5.35. The molecule has 6 heteroatoms. The van der Waals surface area contributed by atoms with Crippen LogP contribution in [-0.4, -0.2) is 31.1 Å².